The van der Waals surface area contributed by atoms with Crippen molar-refractivity contribution in [2.45, 2.75) is 19.4 Å². The van der Waals surface area contributed by atoms with Gasteiger partial charge >= 0.3 is 5.63 Å². The fourth-order valence-electron chi connectivity index (χ4n) is 3.33. The molecule has 0 aliphatic carbocycles. The van der Waals surface area contributed by atoms with Crippen LogP contribution in [0.3, 0.4) is 0 Å². The van der Waals surface area contributed by atoms with Crippen molar-refractivity contribution in [1.29, 1.82) is 0 Å². The molecule has 160 valence electrons. The van der Waals surface area contributed by atoms with Gasteiger partial charge in [-0.1, -0.05) is 0 Å². The second-order valence-electron chi connectivity index (χ2n) is 6.83. The van der Waals surface area contributed by atoms with Gasteiger partial charge in [0.2, 0.25) is 11.7 Å². The summed E-state index contributed by atoms with van der Waals surface area (Å²) in [4.78, 5) is 25.8. The lowest BCUT2D eigenvalue weighted by atomic mass is 10.1. The van der Waals surface area contributed by atoms with Crippen molar-refractivity contribution in [2.24, 2.45) is 0 Å². The topological polar surface area (TPSA) is 87.4 Å². The van der Waals surface area contributed by atoms with Gasteiger partial charge in [0.15, 0.2) is 11.5 Å². The molecule has 0 radical (unpaired) electrons. The van der Waals surface area contributed by atoms with E-state index in [1.54, 1.807) is 50.3 Å². The van der Waals surface area contributed by atoms with Crippen LogP contribution in [0.2, 0.25) is 0 Å². The molecule has 0 N–H and O–H groups in total. The number of rotatable bonds is 7. The van der Waals surface area contributed by atoms with E-state index >= 15 is 0 Å². The van der Waals surface area contributed by atoms with Crippen molar-refractivity contribution in [2.75, 3.05) is 34.4 Å². The third kappa shape index (κ3) is 4.94. The Balaban J connectivity index is 1.65. The van der Waals surface area contributed by atoms with Gasteiger partial charge in [0.25, 0.3) is 0 Å². The highest BCUT2D eigenvalue weighted by molar-refractivity contribution is 5.92. The number of amides is 1. The van der Waals surface area contributed by atoms with Crippen molar-refractivity contribution in [3.63, 3.8) is 0 Å². The largest absolute Gasteiger partial charge is 0.493 e. The summed E-state index contributed by atoms with van der Waals surface area (Å²) >= 11 is 0. The zero-order chi connectivity index (χ0) is 21.7. The molecule has 1 fully saturated rings. The first-order valence-corrected chi connectivity index (χ1v) is 9.49. The summed E-state index contributed by atoms with van der Waals surface area (Å²) in [6.45, 7) is 2.70. The van der Waals surface area contributed by atoms with E-state index in [0.29, 0.717) is 48.3 Å². The maximum absolute atomic E-state index is 12.6. The number of carbonyl (C=O) groups excluding carboxylic acids is 1. The fraction of sp³-hybridized carbons (Fsp3) is 0.364. The smallest absolute Gasteiger partial charge is 0.339 e. The van der Waals surface area contributed by atoms with Crippen molar-refractivity contribution in [3.8, 4) is 23.0 Å². The average Bonchev–Trinajstić information content (AvgIpc) is 3.18. The fourth-order valence-corrected chi connectivity index (χ4v) is 3.33. The second-order valence-corrected chi connectivity index (χ2v) is 6.83. The Morgan fingerprint density at radius 1 is 1.10 bits per heavy atom. The van der Waals surface area contributed by atoms with Gasteiger partial charge in [-0.05, 0) is 30.7 Å². The van der Waals surface area contributed by atoms with Crippen LogP contribution in [0.25, 0.3) is 6.08 Å². The molecular formula is C22H25NO7. The van der Waals surface area contributed by atoms with E-state index in [0.717, 1.165) is 5.56 Å². The van der Waals surface area contributed by atoms with E-state index in [9.17, 15) is 9.59 Å². The molecule has 30 heavy (non-hydrogen) atoms. The molecule has 0 bridgehead atoms. The van der Waals surface area contributed by atoms with E-state index in [1.165, 1.54) is 19.3 Å². The van der Waals surface area contributed by atoms with E-state index in [4.69, 9.17) is 23.4 Å². The Kier molecular flexibility index (Phi) is 6.66. The quantitative estimate of drug-likeness (QED) is 0.643. The van der Waals surface area contributed by atoms with E-state index in [1.807, 2.05) is 0 Å². The summed E-state index contributed by atoms with van der Waals surface area (Å²) in [5.74, 6) is 2.34. The van der Waals surface area contributed by atoms with Crippen LogP contribution < -0.4 is 24.6 Å². The van der Waals surface area contributed by atoms with E-state index in [2.05, 4.69) is 0 Å². The molecule has 8 heteroatoms. The predicted molar refractivity (Wildman–Crippen MR) is 110 cm³/mol. The third-order valence-electron chi connectivity index (χ3n) is 4.73. The van der Waals surface area contributed by atoms with Crippen LogP contribution in [-0.2, 0) is 4.79 Å². The lowest BCUT2D eigenvalue weighted by Crippen LogP contribution is -2.29. The number of likely N-dealkylation sites (tertiary alicyclic amines) is 1. The molecule has 0 saturated carbocycles. The van der Waals surface area contributed by atoms with Gasteiger partial charge in [-0.15, -0.1) is 0 Å². The van der Waals surface area contributed by atoms with Crippen LogP contribution in [-0.4, -0.2) is 51.3 Å². The van der Waals surface area contributed by atoms with Crippen LogP contribution in [0.5, 0.6) is 23.0 Å². The van der Waals surface area contributed by atoms with Crippen LogP contribution in [0, 0.1) is 6.92 Å². The van der Waals surface area contributed by atoms with Crippen molar-refractivity contribution in [3.05, 3.63) is 52.1 Å². The van der Waals surface area contributed by atoms with Gasteiger partial charge in [0, 0.05) is 25.1 Å². The number of aryl methyl sites for hydroxylation is 1. The minimum absolute atomic E-state index is 0.126. The predicted octanol–water partition coefficient (Wildman–Crippen LogP) is 2.67. The SMILES string of the molecule is COc1cc(C=CC(=O)N2CCC(Oc3cc(C)oc(=O)c3)C2)cc(OC)c1OC. The highest BCUT2D eigenvalue weighted by Gasteiger charge is 2.26. The molecule has 8 nitrogen and oxygen atoms in total. The summed E-state index contributed by atoms with van der Waals surface area (Å²) in [7, 11) is 4.62. The minimum Gasteiger partial charge on any atom is -0.493 e. The molecule has 1 amide bonds. The number of ether oxygens (including phenoxy) is 4. The standard InChI is InChI=1S/C22H25NO7/c1-14-9-17(12-21(25)29-14)30-16-7-8-23(13-16)20(24)6-5-15-10-18(26-2)22(28-4)19(11-15)27-3/h5-6,9-12,16H,7-8,13H2,1-4H3. The maximum atomic E-state index is 12.6. The molecule has 1 aromatic carbocycles. The summed E-state index contributed by atoms with van der Waals surface area (Å²) in [5, 5.41) is 0. The molecule has 1 aliphatic heterocycles. The number of methoxy groups -OCH3 is 3. The Bertz CT molecular complexity index is 970. The molecule has 3 rings (SSSR count). The lowest BCUT2D eigenvalue weighted by molar-refractivity contribution is -0.125. The Hall–Kier alpha value is -3.42. The molecule has 1 aliphatic rings. The van der Waals surface area contributed by atoms with Gasteiger partial charge in [-0.3, -0.25) is 4.79 Å². The van der Waals surface area contributed by atoms with Gasteiger partial charge < -0.3 is 28.3 Å². The normalized spacial score (nSPS) is 16.0. The monoisotopic (exact) mass is 415 g/mol. The Morgan fingerprint density at radius 3 is 2.40 bits per heavy atom. The van der Waals surface area contributed by atoms with Crippen molar-refractivity contribution < 1.29 is 28.2 Å². The van der Waals surface area contributed by atoms with Gasteiger partial charge in [-0.2, -0.15) is 0 Å². The molecule has 1 atom stereocenters. The molecule has 2 heterocycles. The Labute approximate surface area is 174 Å². The number of hydrogen-bond donors (Lipinski definition) is 0. The highest BCUT2D eigenvalue weighted by Crippen LogP contribution is 2.38. The molecule has 2 aromatic rings. The van der Waals surface area contributed by atoms with Gasteiger partial charge in [0.05, 0.1) is 33.9 Å². The lowest BCUT2D eigenvalue weighted by Gasteiger charge is -2.16. The number of benzene rings is 1. The van der Waals surface area contributed by atoms with E-state index < -0.39 is 5.63 Å². The first kappa shape index (κ1) is 21.3. The number of nitrogens with zero attached hydrogens (tertiary/aromatic N) is 1. The zero-order valence-electron chi connectivity index (χ0n) is 17.5. The van der Waals surface area contributed by atoms with Crippen LogP contribution >= 0.6 is 0 Å². The summed E-state index contributed by atoms with van der Waals surface area (Å²) < 4.78 is 26.7. The van der Waals surface area contributed by atoms with Gasteiger partial charge in [-0.25, -0.2) is 4.79 Å². The summed E-state index contributed by atoms with van der Waals surface area (Å²) in [5.41, 5.74) is 0.292. The molecule has 0 spiro atoms. The first-order valence-electron chi connectivity index (χ1n) is 9.49. The zero-order valence-corrected chi connectivity index (χ0v) is 17.5. The Morgan fingerprint density at radius 2 is 1.80 bits per heavy atom. The van der Waals surface area contributed by atoms with Crippen LogP contribution in [0.4, 0.5) is 0 Å². The summed E-state index contributed by atoms with van der Waals surface area (Å²) in [6.07, 6.45) is 3.71. The van der Waals surface area contributed by atoms with Crippen LogP contribution in [0.15, 0.2) is 39.6 Å². The van der Waals surface area contributed by atoms with E-state index in [-0.39, 0.29) is 12.0 Å². The third-order valence-corrected chi connectivity index (χ3v) is 4.73. The minimum atomic E-state index is -0.454. The van der Waals surface area contributed by atoms with Gasteiger partial charge in [0.1, 0.15) is 17.6 Å². The molecular weight excluding hydrogens is 390 g/mol. The summed E-state index contributed by atoms with van der Waals surface area (Å²) in [6, 6.07) is 6.51. The molecule has 1 unspecified atom stereocenters. The van der Waals surface area contributed by atoms with Crippen molar-refractivity contribution in [1.82, 2.24) is 4.90 Å². The molecule has 1 aromatic heterocycles. The molecule has 1 saturated heterocycles. The highest BCUT2D eigenvalue weighted by atomic mass is 16.5. The number of hydrogen-bond acceptors (Lipinski definition) is 7. The van der Waals surface area contributed by atoms with Crippen molar-refractivity contribution >= 4 is 12.0 Å². The second kappa shape index (κ2) is 9.39. The first-order chi connectivity index (χ1) is 14.4. The maximum Gasteiger partial charge on any atom is 0.339 e. The van der Waals surface area contributed by atoms with Crippen LogP contribution in [0.1, 0.15) is 17.7 Å². The number of carbonyl (C=O) groups is 1. The average molecular weight is 415 g/mol.